The zero-order valence-corrected chi connectivity index (χ0v) is 9.20. The van der Waals surface area contributed by atoms with E-state index in [-0.39, 0.29) is 6.61 Å². The third-order valence-corrected chi connectivity index (χ3v) is 1.72. The first-order valence-corrected chi connectivity index (χ1v) is 4.80. The summed E-state index contributed by atoms with van der Waals surface area (Å²) in [6.45, 7) is 10.1. The summed E-state index contributed by atoms with van der Waals surface area (Å²) in [5, 5.41) is 13.1. The van der Waals surface area contributed by atoms with Gasteiger partial charge in [0.1, 0.15) is 0 Å². The molecule has 13 heavy (non-hydrogen) atoms. The molecule has 0 unspecified atom stereocenters. The first-order chi connectivity index (χ1) is 6.15. The van der Waals surface area contributed by atoms with Crippen LogP contribution in [0.1, 0.15) is 45.0 Å². The van der Waals surface area contributed by atoms with Gasteiger partial charge in [0, 0.05) is 17.8 Å². The highest BCUT2D eigenvalue weighted by molar-refractivity contribution is 5.14. The van der Waals surface area contributed by atoms with E-state index >= 15 is 0 Å². The Morgan fingerprint density at radius 2 is 2.00 bits per heavy atom. The molecule has 3 nitrogen and oxygen atoms in total. The summed E-state index contributed by atoms with van der Waals surface area (Å²) in [6.07, 6.45) is 1.89. The number of aromatic nitrogens is 2. The van der Waals surface area contributed by atoms with Crippen LogP contribution >= 0.6 is 0 Å². The van der Waals surface area contributed by atoms with Gasteiger partial charge in [-0.15, -0.1) is 0 Å². The molecule has 0 radical (unpaired) electrons. The normalized spacial score (nSPS) is 9.77. The second-order valence-corrected chi connectivity index (χ2v) is 2.97. The number of hydrogen-bond acceptors (Lipinski definition) is 2. The monoisotopic (exact) mass is 184 g/mol. The van der Waals surface area contributed by atoms with E-state index in [0.29, 0.717) is 6.04 Å². The second-order valence-electron chi connectivity index (χ2n) is 2.97. The fraction of sp³-hybridized carbons (Fsp3) is 0.700. The minimum atomic E-state index is 0.0819. The average Bonchev–Trinajstić information content (AvgIpc) is 2.50. The van der Waals surface area contributed by atoms with Gasteiger partial charge >= 0.3 is 0 Å². The van der Waals surface area contributed by atoms with E-state index in [0.717, 1.165) is 11.3 Å². The van der Waals surface area contributed by atoms with E-state index in [1.54, 1.807) is 0 Å². The lowest BCUT2D eigenvalue weighted by Gasteiger charge is -2.02. The molecule has 1 aromatic heterocycles. The van der Waals surface area contributed by atoms with Gasteiger partial charge in [0.05, 0.1) is 12.3 Å². The van der Waals surface area contributed by atoms with Gasteiger partial charge in [-0.05, 0) is 20.8 Å². The van der Waals surface area contributed by atoms with Gasteiger partial charge in [-0.25, -0.2) is 0 Å². The molecule has 76 valence electrons. The van der Waals surface area contributed by atoms with Crippen LogP contribution in [0, 0.1) is 6.92 Å². The van der Waals surface area contributed by atoms with E-state index in [2.05, 4.69) is 18.9 Å². The number of aryl methyl sites for hydroxylation is 1. The Morgan fingerprint density at radius 3 is 2.23 bits per heavy atom. The summed E-state index contributed by atoms with van der Waals surface area (Å²) < 4.78 is 1.86. The molecule has 0 bridgehead atoms. The summed E-state index contributed by atoms with van der Waals surface area (Å²) in [6, 6.07) is 0.369. The Morgan fingerprint density at radius 1 is 1.46 bits per heavy atom. The smallest absolute Gasteiger partial charge is 0.0715 e. The van der Waals surface area contributed by atoms with Crippen LogP contribution in [0.4, 0.5) is 0 Å². The van der Waals surface area contributed by atoms with Gasteiger partial charge in [-0.3, -0.25) is 4.68 Å². The molecule has 0 aliphatic carbocycles. The molecule has 0 fully saturated rings. The first kappa shape index (κ1) is 12.2. The van der Waals surface area contributed by atoms with Crippen molar-refractivity contribution in [3.05, 3.63) is 17.5 Å². The van der Waals surface area contributed by atoms with E-state index < -0.39 is 0 Å². The van der Waals surface area contributed by atoms with Gasteiger partial charge in [-0.1, -0.05) is 13.8 Å². The van der Waals surface area contributed by atoms with Crippen LogP contribution in [0.5, 0.6) is 0 Å². The lowest BCUT2D eigenvalue weighted by Crippen LogP contribution is -2.00. The van der Waals surface area contributed by atoms with Gasteiger partial charge in [0.2, 0.25) is 0 Å². The summed E-state index contributed by atoms with van der Waals surface area (Å²) >= 11 is 0. The van der Waals surface area contributed by atoms with Crippen molar-refractivity contribution < 1.29 is 5.11 Å². The first-order valence-electron chi connectivity index (χ1n) is 4.80. The van der Waals surface area contributed by atoms with Crippen LogP contribution in [0.3, 0.4) is 0 Å². The number of rotatable bonds is 2. The number of aliphatic hydroxyl groups excluding tert-OH is 1. The maximum atomic E-state index is 8.86. The molecule has 0 aromatic carbocycles. The van der Waals surface area contributed by atoms with E-state index in [1.807, 2.05) is 31.6 Å². The molecule has 1 rings (SSSR count). The maximum absolute atomic E-state index is 8.86. The quantitative estimate of drug-likeness (QED) is 0.765. The van der Waals surface area contributed by atoms with Crippen molar-refractivity contribution in [2.24, 2.45) is 0 Å². The van der Waals surface area contributed by atoms with Crippen molar-refractivity contribution in [3.8, 4) is 0 Å². The minimum absolute atomic E-state index is 0.0819. The molecule has 0 aliphatic rings. The van der Waals surface area contributed by atoms with Crippen molar-refractivity contribution in [1.82, 2.24) is 9.78 Å². The molecule has 0 atom stereocenters. The Hall–Kier alpha value is -0.830. The SMILES string of the molecule is CC.Cc1nn(C(C)C)cc1CO. The van der Waals surface area contributed by atoms with Crippen LogP contribution in [0.25, 0.3) is 0 Å². The van der Waals surface area contributed by atoms with Gasteiger partial charge in [0.25, 0.3) is 0 Å². The molecule has 0 saturated heterocycles. The van der Waals surface area contributed by atoms with Crippen molar-refractivity contribution in [2.75, 3.05) is 0 Å². The van der Waals surface area contributed by atoms with Crippen LogP contribution in [-0.2, 0) is 6.61 Å². The topological polar surface area (TPSA) is 38.0 Å². The molecule has 0 spiro atoms. The van der Waals surface area contributed by atoms with Crippen molar-refractivity contribution in [3.63, 3.8) is 0 Å². The Labute approximate surface area is 80.4 Å². The van der Waals surface area contributed by atoms with Gasteiger partial charge < -0.3 is 5.11 Å². The van der Waals surface area contributed by atoms with Crippen LogP contribution < -0.4 is 0 Å². The van der Waals surface area contributed by atoms with E-state index in [9.17, 15) is 0 Å². The Balaban J connectivity index is 0.000000671. The zero-order chi connectivity index (χ0) is 10.4. The third-order valence-electron chi connectivity index (χ3n) is 1.72. The predicted octanol–water partition coefficient (Wildman–Crippen LogP) is 2.29. The molecular formula is C10H20N2O. The summed E-state index contributed by atoms with van der Waals surface area (Å²) in [7, 11) is 0. The zero-order valence-electron chi connectivity index (χ0n) is 9.20. The summed E-state index contributed by atoms with van der Waals surface area (Å²) in [4.78, 5) is 0. The molecule has 0 saturated carbocycles. The van der Waals surface area contributed by atoms with Crippen molar-refractivity contribution in [1.29, 1.82) is 0 Å². The maximum Gasteiger partial charge on any atom is 0.0715 e. The lowest BCUT2D eigenvalue weighted by molar-refractivity contribution is 0.281. The summed E-state index contributed by atoms with van der Waals surface area (Å²) in [5.74, 6) is 0. The van der Waals surface area contributed by atoms with E-state index in [4.69, 9.17) is 5.11 Å². The fourth-order valence-electron chi connectivity index (χ4n) is 0.939. The Kier molecular flexibility index (Phi) is 5.39. The fourth-order valence-corrected chi connectivity index (χ4v) is 0.939. The molecular weight excluding hydrogens is 164 g/mol. The Bertz CT molecular complexity index is 241. The largest absolute Gasteiger partial charge is 0.392 e. The van der Waals surface area contributed by atoms with Gasteiger partial charge in [0.15, 0.2) is 0 Å². The van der Waals surface area contributed by atoms with Crippen LogP contribution in [0.15, 0.2) is 6.20 Å². The minimum Gasteiger partial charge on any atom is -0.392 e. The van der Waals surface area contributed by atoms with Crippen molar-refractivity contribution >= 4 is 0 Å². The highest BCUT2D eigenvalue weighted by atomic mass is 16.3. The average molecular weight is 184 g/mol. The molecule has 0 amide bonds. The van der Waals surface area contributed by atoms with Crippen LogP contribution in [0.2, 0.25) is 0 Å². The van der Waals surface area contributed by atoms with Gasteiger partial charge in [-0.2, -0.15) is 5.10 Å². The number of nitrogens with zero attached hydrogens (tertiary/aromatic N) is 2. The number of aliphatic hydroxyl groups is 1. The van der Waals surface area contributed by atoms with Crippen LogP contribution in [-0.4, -0.2) is 14.9 Å². The van der Waals surface area contributed by atoms with E-state index in [1.165, 1.54) is 0 Å². The lowest BCUT2D eigenvalue weighted by atomic mass is 10.3. The van der Waals surface area contributed by atoms with Crippen molar-refractivity contribution in [2.45, 2.75) is 47.3 Å². The predicted molar refractivity (Wildman–Crippen MR) is 54.6 cm³/mol. The molecule has 3 heteroatoms. The highest BCUT2D eigenvalue weighted by Crippen LogP contribution is 2.09. The third kappa shape index (κ3) is 3.19. The standard InChI is InChI=1S/C8H14N2O.C2H6/c1-6(2)10-4-8(5-11)7(3)9-10;1-2/h4,6,11H,5H2,1-3H3;1-2H3. The number of hydrogen-bond donors (Lipinski definition) is 1. The summed E-state index contributed by atoms with van der Waals surface area (Å²) in [5.41, 5.74) is 1.83. The molecule has 1 N–H and O–H groups in total. The second kappa shape index (κ2) is 5.75. The molecule has 1 aromatic rings. The molecule has 1 heterocycles. The molecule has 0 aliphatic heterocycles. The highest BCUT2D eigenvalue weighted by Gasteiger charge is 2.04.